The van der Waals surface area contributed by atoms with Crippen LogP contribution in [0.15, 0.2) is 24.3 Å². The maximum Gasteiger partial charge on any atom is 0.312 e. The second kappa shape index (κ2) is 6.89. The normalized spacial score (nSPS) is 12.1. The Balaban J connectivity index is 2.58. The van der Waals surface area contributed by atoms with Gasteiger partial charge in [0.15, 0.2) is 0 Å². The molecule has 0 aromatic heterocycles. The van der Waals surface area contributed by atoms with Crippen LogP contribution in [0.4, 0.5) is 0 Å². The lowest BCUT2D eigenvalue weighted by molar-refractivity contribution is -0.148. The fraction of sp³-hybridized carbons (Fsp3) is 0.500. The third kappa shape index (κ3) is 3.95. The van der Waals surface area contributed by atoms with E-state index in [9.17, 15) is 4.79 Å². The molecule has 4 heteroatoms. The summed E-state index contributed by atoms with van der Waals surface area (Å²) in [6.45, 7) is 4.26. The first-order chi connectivity index (χ1) is 8.58. The molecule has 0 heterocycles. The second-order valence-corrected chi connectivity index (χ2v) is 4.36. The van der Waals surface area contributed by atoms with Gasteiger partial charge in [0.2, 0.25) is 0 Å². The zero-order valence-electron chi connectivity index (χ0n) is 11.3. The van der Waals surface area contributed by atoms with E-state index in [-0.39, 0.29) is 17.8 Å². The van der Waals surface area contributed by atoms with E-state index in [0.29, 0.717) is 12.4 Å². The van der Waals surface area contributed by atoms with E-state index in [1.165, 1.54) is 7.11 Å². The molecule has 0 saturated heterocycles. The van der Waals surface area contributed by atoms with E-state index in [0.717, 1.165) is 5.75 Å². The predicted molar refractivity (Wildman–Crippen MR) is 68.8 cm³/mol. The van der Waals surface area contributed by atoms with Gasteiger partial charge >= 0.3 is 5.97 Å². The number of methoxy groups -OCH3 is 2. The molecule has 1 aromatic carbocycles. The van der Waals surface area contributed by atoms with Crippen molar-refractivity contribution >= 4 is 5.97 Å². The summed E-state index contributed by atoms with van der Waals surface area (Å²) < 4.78 is 15.4. The van der Waals surface area contributed by atoms with Crippen molar-refractivity contribution in [3.05, 3.63) is 24.3 Å². The Morgan fingerprint density at radius 3 is 2.11 bits per heavy atom. The maximum absolute atomic E-state index is 11.6. The third-order valence-corrected chi connectivity index (χ3v) is 2.80. The highest BCUT2D eigenvalue weighted by Gasteiger charge is 2.23. The average Bonchev–Trinajstić information content (AvgIpc) is 2.39. The van der Waals surface area contributed by atoms with Gasteiger partial charge in [-0.05, 0) is 30.2 Å². The Morgan fingerprint density at radius 1 is 1.11 bits per heavy atom. The summed E-state index contributed by atoms with van der Waals surface area (Å²) in [5.41, 5.74) is 0. The molecule has 0 amide bonds. The summed E-state index contributed by atoms with van der Waals surface area (Å²) in [5.74, 6) is 1.17. The molecule has 0 aliphatic heterocycles. The van der Waals surface area contributed by atoms with Gasteiger partial charge < -0.3 is 14.2 Å². The van der Waals surface area contributed by atoms with E-state index in [2.05, 4.69) is 0 Å². The van der Waals surface area contributed by atoms with Crippen molar-refractivity contribution in [1.29, 1.82) is 0 Å². The summed E-state index contributed by atoms with van der Waals surface area (Å²) >= 11 is 0. The summed E-state index contributed by atoms with van der Waals surface area (Å²) in [4.78, 5) is 11.6. The van der Waals surface area contributed by atoms with Gasteiger partial charge in [0.1, 0.15) is 18.1 Å². The Hall–Kier alpha value is -1.71. The minimum absolute atomic E-state index is 0.177. The van der Waals surface area contributed by atoms with Crippen molar-refractivity contribution in [2.24, 2.45) is 11.8 Å². The summed E-state index contributed by atoms with van der Waals surface area (Å²) in [6, 6.07) is 7.26. The third-order valence-electron chi connectivity index (χ3n) is 2.80. The Bertz CT molecular complexity index is 370. The largest absolute Gasteiger partial charge is 0.497 e. The second-order valence-electron chi connectivity index (χ2n) is 4.36. The van der Waals surface area contributed by atoms with Crippen LogP contribution < -0.4 is 9.47 Å². The first kappa shape index (κ1) is 14.4. The molecule has 1 rings (SSSR count). The number of ether oxygens (including phenoxy) is 3. The first-order valence-electron chi connectivity index (χ1n) is 5.93. The maximum atomic E-state index is 11.6. The fourth-order valence-corrected chi connectivity index (χ4v) is 1.54. The first-order valence-corrected chi connectivity index (χ1v) is 5.93. The molecule has 100 valence electrons. The van der Waals surface area contributed by atoms with Gasteiger partial charge in [-0.2, -0.15) is 0 Å². The van der Waals surface area contributed by atoms with Crippen LogP contribution in [0, 0.1) is 11.8 Å². The molecule has 0 spiro atoms. The Labute approximate surface area is 108 Å². The molecule has 1 aromatic rings. The van der Waals surface area contributed by atoms with Gasteiger partial charge in [-0.1, -0.05) is 13.8 Å². The number of rotatable bonds is 6. The van der Waals surface area contributed by atoms with E-state index in [1.54, 1.807) is 7.11 Å². The summed E-state index contributed by atoms with van der Waals surface area (Å²) in [5, 5.41) is 0. The van der Waals surface area contributed by atoms with Gasteiger partial charge in [-0.15, -0.1) is 0 Å². The van der Waals surface area contributed by atoms with Crippen LogP contribution in [0.5, 0.6) is 11.5 Å². The number of hydrogen-bond acceptors (Lipinski definition) is 4. The van der Waals surface area contributed by atoms with Crippen LogP contribution in [0.3, 0.4) is 0 Å². The number of esters is 1. The molecule has 18 heavy (non-hydrogen) atoms. The lowest BCUT2D eigenvalue weighted by Gasteiger charge is -2.18. The number of carbonyl (C=O) groups is 1. The predicted octanol–water partition coefficient (Wildman–Crippen LogP) is 2.52. The van der Waals surface area contributed by atoms with Crippen molar-refractivity contribution in [3.63, 3.8) is 0 Å². The molecule has 4 nitrogen and oxygen atoms in total. The summed E-state index contributed by atoms with van der Waals surface area (Å²) in [6.07, 6.45) is 0. The number of benzene rings is 1. The monoisotopic (exact) mass is 252 g/mol. The molecule has 0 fully saturated rings. The van der Waals surface area contributed by atoms with Crippen molar-refractivity contribution < 1.29 is 19.0 Å². The molecule has 0 bridgehead atoms. The topological polar surface area (TPSA) is 44.8 Å². The fourth-order valence-electron chi connectivity index (χ4n) is 1.54. The van der Waals surface area contributed by atoms with Crippen LogP contribution in [0.1, 0.15) is 13.8 Å². The minimum Gasteiger partial charge on any atom is -0.497 e. The van der Waals surface area contributed by atoms with Crippen molar-refractivity contribution in [2.75, 3.05) is 20.8 Å². The highest BCUT2D eigenvalue weighted by molar-refractivity contribution is 5.72. The average molecular weight is 252 g/mol. The van der Waals surface area contributed by atoms with Gasteiger partial charge in [0, 0.05) is 0 Å². The molecule has 0 radical (unpaired) electrons. The van der Waals surface area contributed by atoms with Crippen LogP contribution in [-0.2, 0) is 9.53 Å². The van der Waals surface area contributed by atoms with Crippen molar-refractivity contribution in [3.8, 4) is 11.5 Å². The van der Waals surface area contributed by atoms with Crippen molar-refractivity contribution in [2.45, 2.75) is 13.8 Å². The number of carbonyl (C=O) groups excluding carboxylic acids is 1. The van der Waals surface area contributed by atoms with E-state index >= 15 is 0 Å². The summed E-state index contributed by atoms with van der Waals surface area (Å²) in [7, 11) is 3.01. The molecule has 0 aliphatic carbocycles. The molecular weight excluding hydrogens is 232 g/mol. The van der Waals surface area contributed by atoms with Crippen LogP contribution in [0.25, 0.3) is 0 Å². The molecule has 0 aliphatic rings. The van der Waals surface area contributed by atoms with Gasteiger partial charge in [0.25, 0.3) is 0 Å². The standard InChI is InChI=1S/C14H20O4/c1-10(2)13(14(15)17-4)9-18-12-7-5-11(16-3)6-8-12/h5-8,10,13H,9H2,1-4H3. The van der Waals surface area contributed by atoms with E-state index in [4.69, 9.17) is 14.2 Å². The lowest BCUT2D eigenvalue weighted by Crippen LogP contribution is -2.27. The van der Waals surface area contributed by atoms with Crippen molar-refractivity contribution in [1.82, 2.24) is 0 Å². The number of hydrogen-bond donors (Lipinski definition) is 0. The highest BCUT2D eigenvalue weighted by Crippen LogP contribution is 2.19. The van der Waals surface area contributed by atoms with Gasteiger partial charge in [-0.25, -0.2) is 0 Å². The van der Waals surface area contributed by atoms with E-state index < -0.39 is 0 Å². The highest BCUT2D eigenvalue weighted by atomic mass is 16.5. The minimum atomic E-state index is -0.253. The zero-order valence-corrected chi connectivity index (χ0v) is 11.3. The zero-order chi connectivity index (χ0) is 13.5. The molecule has 1 atom stereocenters. The SMILES string of the molecule is COC(=O)C(COc1ccc(OC)cc1)C(C)C. The van der Waals surface area contributed by atoms with E-state index in [1.807, 2.05) is 38.1 Å². The van der Waals surface area contributed by atoms with Gasteiger partial charge in [0.05, 0.1) is 20.1 Å². The van der Waals surface area contributed by atoms with Crippen LogP contribution >= 0.6 is 0 Å². The lowest BCUT2D eigenvalue weighted by atomic mass is 9.97. The smallest absolute Gasteiger partial charge is 0.312 e. The molecule has 0 N–H and O–H groups in total. The van der Waals surface area contributed by atoms with Gasteiger partial charge in [-0.3, -0.25) is 4.79 Å². The Kier molecular flexibility index (Phi) is 5.49. The Morgan fingerprint density at radius 2 is 1.67 bits per heavy atom. The van der Waals surface area contributed by atoms with Crippen LogP contribution in [0.2, 0.25) is 0 Å². The molecular formula is C14H20O4. The quantitative estimate of drug-likeness (QED) is 0.730. The molecule has 1 unspecified atom stereocenters. The van der Waals surface area contributed by atoms with Crippen LogP contribution in [-0.4, -0.2) is 26.8 Å². The molecule has 0 saturated carbocycles.